The van der Waals surface area contributed by atoms with Crippen LogP contribution in [0.2, 0.25) is 0 Å². The van der Waals surface area contributed by atoms with E-state index in [1.54, 1.807) is 9.58 Å². The number of aromatic nitrogens is 2. The molecular formula is C24H44N4O2. The van der Waals surface area contributed by atoms with E-state index in [0.717, 1.165) is 31.4 Å². The number of nitrogens with zero attached hydrogens (tertiary/aromatic N) is 3. The van der Waals surface area contributed by atoms with Crippen molar-refractivity contribution >= 4 is 17.6 Å². The third-order valence-corrected chi connectivity index (χ3v) is 5.38. The second-order valence-corrected chi connectivity index (χ2v) is 9.38. The predicted molar refractivity (Wildman–Crippen MR) is 125 cm³/mol. The maximum Gasteiger partial charge on any atom is 0.245 e. The molecule has 6 heteroatoms. The highest BCUT2D eigenvalue weighted by Crippen LogP contribution is 2.23. The summed E-state index contributed by atoms with van der Waals surface area (Å²) >= 11 is 0. The minimum Gasteiger partial charge on any atom is -0.333 e. The molecule has 0 aliphatic rings. The van der Waals surface area contributed by atoms with E-state index in [2.05, 4.69) is 45.0 Å². The standard InChI is InChI=1S/C24H44N4O2/c1-7-9-11-12-13-14-15-16-23(30)28(17-10-8-2)19-22(29)25-21-18-20(24(3,4)5)26-27(21)6/h18H,7-17,19H2,1-6H3,(H,25,29). The molecule has 0 atom stereocenters. The van der Waals surface area contributed by atoms with Gasteiger partial charge in [0.05, 0.1) is 12.2 Å². The third kappa shape index (κ3) is 9.77. The Balaban J connectivity index is 2.55. The number of hydrogen-bond donors (Lipinski definition) is 1. The van der Waals surface area contributed by atoms with Gasteiger partial charge in [-0.2, -0.15) is 5.10 Å². The molecule has 1 N–H and O–H groups in total. The first-order chi connectivity index (χ1) is 14.2. The lowest BCUT2D eigenvalue weighted by Crippen LogP contribution is -2.38. The van der Waals surface area contributed by atoms with E-state index in [1.165, 1.54) is 32.1 Å². The molecule has 0 aromatic carbocycles. The second-order valence-electron chi connectivity index (χ2n) is 9.38. The molecule has 0 fully saturated rings. The van der Waals surface area contributed by atoms with Crippen LogP contribution >= 0.6 is 0 Å². The molecule has 0 radical (unpaired) electrons. The molecule has 1 aromatic rings. The Morgan fingerprint density at radius 3 is 2.17 bits per heavy atom. The van der Waals surface area contributed by atoms with Crippen molar-refractivity contribution in [2.45, 2.75) is 104 Å². The van der Waals surface area contributed by atoms with Crippen molar-refractivity contribution in [3.05, 3.63) is 11.8 Å². The number of aryl methyl sites for hydroxylation is 1. The zero-order valence-corrected chi connectivity index (χ0v) is 20.2. The fourth-order valence-electron chi connectivity index (χ4n) is 3.34. The molecule has 172 valence electrons. The van der Waals surface area contributed by atoms with Gasteiger partial charge in [-0.1, -0.05) is 79.6 Å². The van der Waals surface area contributed by atoms with Crippen LogP contribution in [0.15, 0.2) is 6.07 Å². The first-order valence-corrected chi connectivity index (χ1v) is 11.8. The van der Waals surface area contributed by atoms with Gasteiger partial charge in [0.1, 0.15) is 5.82 Å². The molecule has 1 rings (SSSR count). The summed E-state index contributed by atoms with van der Waals surface area (Å²) in [4.78, 5) is 27.1. The average Bonchev–Trinajstić information content (AvgIpc) is 3.05. The highest BCUT2D eigenvalue weighted by molar-refractivity contribution is 5.94. The topological polar surface area (TPSA) is 67.2 Å². The molecule has 6 nitrogen and oxygen atoms in total. The highest BCUT2D eigenvalue weighted by Gasteiger charge is 2.21. The fraction of sp³-hybridized carbons (Fsp3) is 0.792. The van der Waals surface area contributed by atoms with E-state index < -0.39 is 0 Å². The lowest BCUT2D eigenvalue weighted by molar-refractivity contribution is -0.134. The monoisotopic (exact) mass is 420 g/mol. The molecule has 0 aliphatic heterocycles. The fourth-order valence-corrected chi connectivity index (χ4v) is 3.34. The summed E-state index contributed by atoms with van der Waals surface area (Å²) in [5.74, 6) is 0.593. The van der Waals surface area contributed by atoms with Gasteiger partial charge in [0.15, 0.2) is 0 Å². The number of hydrogen-bond acceptors (Lipinski definition) is 3. The lowest BCUT2D eigenvalue weighted by atomic mass is 9.92. The van der Waals surface area contributed by atoms with Crippen molar-refractivity contribution in [1.82, 2.24) is 14.7 Å². The number of carbonyl (C=O) groups excluding carboxylic acids is 2. The summed E-state index contributed by atoms with van der Waals surface area (Å²) in [7, 11) is 1.82. The van der Waals surface area contributed by atoms with Crippen molar-refractivity contribution in [2.75, 3.05) is 18.4 Å². The van der Waals surface area contributed by atoms with Crippen LogP contribution in [-0.2, 0) is 22.1 Å². The van der Waals surface area contributed by atoms with Crippen LogP contribution in [0.1, 0.15) is 105 Å². The lowest BCUT2D eigenvalue weighted by Gasteiger charge is -2.22. The zero-order valence-electron chi connectivity index (χ0n) is 20.2. The molecule has 0 unspecified atom stereocenters. The Bertz CT molecular complexity index is 646. The van der Waals surface area contributed by atoms with Gasteiger partial charge in [-0.25, -0.2) is 0 Å². The van der Waals surface area contributed by atoms with Crippen molar-refractivity contribution in [3.63, 3.8) is 0 Å². The quantitative estimate of drug-likeness (QED) is 0.408. The van der Waals surface area contributed by atoms with Gasteiger partial charge >= 0.3 is 0 Å². The molecule has 0 bridgehead atoms. The molecule has 1 aromatic heterocycles. The van der Waals surface area contributed by atoms with Crippen molar-refractivity contribution in [3.8, 4) is 0 Å². The van der Waals surface area contributed by atoms with E-state index >= 15 is 0 Å². The predicted octanol–water partition coefficient (Wildman–Crippen LogP) is 5.43. The molecule has 2 amide bonds. The van der Waals surface area contributed by atoms with Crippen LogP contribution in [0.3, 0.4) is 0 Å². The van der Waals surface area contributed by atoms with Crippen molar-refractivity contribution < 1.29 is 9.59 Å². The maximum atomic E-state index is 12.7. The molecule has 0 aliphatic carbocycles. The number of carbonyl (C=O) groups is 2. The van der Waals surface area contributed by atoms with Crippen molar-refractivity contribution in [1.29, 1.82) is 0 Å². The van der Waals surface area contributed by atoms with Gasteiger partial charge < -0.3 is 10.2 Å². The number of nitrogens with one attached hydrogen (secondary N) is 1. The van der Waals surface area contributed by atoms with Crippen LogP contribution < -0.4 is 5.32 Å². The molecular weight excluding hydrogens is 376 g/mol. The first-order valence-electron chi connectivity index (χ1n) is 11.8. The zero-order chi connectivity index (χ0) is 22.6. The van der Waals surface area contributed by atoms with E-state index in [1.807, 2.05) is 13.1 Å². The average molecular weight is 421 g/mol. The Morgan fingerprint density at radius 1 is 1.00 bits per heavy atom. The Kier molecular flexibility index (Phi) is 11.7. The highest BCUT2D eigenvalue weighted by atomic mass is 16.2. The number of anilines is 1. The van der Waals surface area contributed by atoms with Crippen LogP contribution in [0.25, 0.3) is 0 Å². The van der Waals surface area contributed by atoms with E-state index in [9.17, 15) is 9.59 Å². The van der Waals surface area contributed by atoms with Gasteiger partial charge in [-0.15, -0.1) is 0 Å². The van der Waals surface area contributed by atoms with Crippen LogP contribution in [0.5, 0.6) is 0 Å². The molecule has 0 spiro atoms. The van der Waals surface area contributed by atoms with E-state index in [-0.39, 0.29) is 23.8 Å². The van der Waals surface area contributed by atoms with Crippen LogP contribution in [0, 0.1) is 0 Å². The minimum absolute atomic E-state index is 0.0829. The van der Waals surface area contributed by atoms with Gasteiger partial charge in [0.2, 0.25) is 11.8 Å². The first kappa shape index (κ1) is 26.2. The Hall–Kier alpha value is -1.85. The van der Waals surface area contributed by atoms with Gasteiger partial charge in [0, 0.05) is 31.5 Å². The summed E-state index contributed by atoms with van der Waals surface area (Å²) < 4.78 is 1.69. The number of unbranched alkanes of at least 4 members (excludes halogenated alkanes) is 7. The molecule has 0 saturated carbocycles. The normalized spacial score (nSPS) is 11.5. The van der Waals surface area contributed by atoms with Gasteiger partial charge in [0.25, 0.3) is 0 Å². The number of amides is 2. The van der Waals surface area contributed by atoms with Crippen molar-refractivity contribution in [2.24, 2.45) is 7.05 Å². The molecule has 30 heavy (non-hydrogen) atoms. The summed E-state index contributed by atoms with van der Waals surface area (Å²) in [5.41, 5.74) is 0.846. The maximum absolute atomic E-state index is 12.7. The minimum atomic E-state index is -0.164. The SMILES string of the molecule is CCCCCCCCCC(=O)N(CCCC)CC(=O)Nc1cc(C(C)(C)C)nn1C. The molecule has 0 saturated heterocycles. The second kappa shape index (κ2) is 13.5. The third-order valence-electron chi connectivity index (χ3n) is 5.38. The summed E-state index contributed by atoms with van der Waals surface area (Å²) in [6, 6.07) is 1.91. The van der Waals surface area contributed by atoms with Crippen LogP contribution in [0.4, 0.5) is 5.82 Å². The van der Waals surface area contributed by atoms with E-state index in [4.69, 9.17) is 0 Å². The summed E-state index contributed by atoms with van der Waals surface area (Å²) in [6.07, 6.45) is 10.7. The van der Waals surface area contributed by atoms with E-state index in [0.29, 0.717) is 18.8 Å². The Labute approximate surface area is 183 Å². The van der Waals surface area contributed by atoms with Gasteiger partial charge in [-0.05, 0) is 12.8 Å². The van der Waals surface area contributed by atoms with Crippen LogP contribution in [-0.4, -0.2) is 39.6 Å². The Morgan fingerprint density at radius 2 is 1.60 bits per heavy atom. The molecule has 1 heterocycles. The summed E-state index contributed by atoms with van der Waals surface area (Å²) in [6.45, 7) is 11.3. The number of rotatable bonds is 14. The van der Waals surface area contributed by atoms with Gasteiger partial charge in [-0.3, -0.25) is 14.3 Å². The summed E-state index contributed by atoms with van der Waals surface area (Å²) in [5, 5.41) is 7.42. The largest absolute Gasteiger partial charge is 0.333 e. The smallest absolute Gasteiger partial charge is 0.245 e.